The second-order valence-corrected chi connectivity index (χ2v) is 4.34. The van der Waals surface area contributed by atoms with Gasteiger partial charge in [0, 0.05) is 5.56 Å². The van der Waals surface area contributed by atoms with E-state index in [4.69, 9.17) is 26.1 Å². The van der Waals surface area contributed by atoms with Crippen LogP contribution < -0.4 is 4.74 Å². The van der Waals surface area contributed by atoms with Gasteiger partial charge in [-0.15, -0.1) is 0 Å². The first-order valence-electron chi connectivity index (χ1n) is 4.56. The molecule has 1 aromatic heterocycles. The summed E-state index contributed by atoms with van der Waals surface area (Å²) in [6.07, 6.45) is 0. The number of halogens is 2. The molecule has 0 unspecified atom stereocenters. The predicted molar refractivity (Wildman–Crippen MR) is 65.9 cm³/mol. The Bertz CT molecular complexity index is 604. The van der Waals surface area contributed by atoms with E-state index >= 15 is 0 Å². The molecule has 2 aromatic rings. The van der Waals surface area contributed by atoms with Crippen molar-refractivity contribution in [2.75, 3.05) is 7.11 Å². The molecule has 0 aliphatic rings. The molecule has 0 aliphatic carbocycles. The molecule has 0 N–H and O–H groups in total. The van der Waals surface area contributed by atoms with E-state index in [9.17, 15) is 0 Å². The Morgan fingerprint density at radius 3 is 2.82 bits per heavy atom. The van der Waals surface area contributed by atoms with Gasteiger partial charge in [-0.2, -0.15) is 5.26 Å². The standard InChI is InChI=1S/C11H6BrClN2O2/c1-16-9-3-2-6(4-7(9)13)11-10(12)8(5-14)15-17-11/h2-4H,1H3. The van der Waals surface area contributed by atoms with E-state index in [2.05, 4.69) is 21.1 Å². The number of hydrogen-bond donors (Lipinski definition) is 0. The van der Waals surface area contributed by atoms with Crippen LogP contribution in [0.2, 0.25) is 5.02 Å². The largest absolute Gasteiger partial charge is 0.495 e. The quantitative estimate of drug-likeness (QED) is 0.849. The first kappa shape index (κ1) is 12.0. The normalized spacial score (nSPS) is 10.0. The fourth-order valence-corrected chi connectivity index (χ4v) is 2.06. The average molecular weight is 314 g/mol. The number of nitrogens with zero attached hydrogens (tertiary/aromatic N) is 2. The fraction of sp³-hybridized carbons (Fsp3) is 0.0909. The highest BCUT2D eigenvalue weighted by Gasteiger charge is 2.16. The zero-order valence-electron chi connectivity index (χ0n) is 8.70. The SMILES string of the molecule is COc1ccc(-c2onc(C#N)c2Br)cc1Cl. The molecule has 4 nitrogen and oxygen atoms in total. The molecule has 0 radical (unpaired) electrons. The third-order valence-electron chi connectivity index (χ3n) is 2.16. The fourth-order valence-electron chi connectivity index (χ4n) is 1.34. The molecular formula is C11H6BrClN2O2. The van der Waals surface area contributed by atoms with Crippen molar-refractivity contribution in [2.24, 2.45) is 0 Å². The van der Waals surface area contributed by atoms with Crippen LogP contribution in [0.4, 0.5) is 0 Å². The van der Waals surface area contributed by atoms with Crippen molar-refractivity contribution in [3.63, 3.8) is 0 Å². The number of hydrogen-bond acceptors (Lipinski definition) is 4. The molecule has 0 bridgehead atoms. The molecule has 2 rings (SSSR count). The predicted octanol–water partition coefficient (Wildman–Crippen LogP) is 3.64. The van der Waals surface area contributed by atoms with E-state index in [1.54, 1.807) is 25.3 Å². The molecule has 1 aromatic carbocycles. The second-order valence-electron chi connectivity index (χ2n) is 3.14. The maximum absolute atomic E-state index is 8.77. The molecule has 0 aliphatic heterocycles. The summed E-state index contributed by atoms with van der Waals surface area (Å²) in [6, 6.07) is 7.10. The number of ether oxygens (including phenoxy) is 1. The van der Waals surface area contributed by atoms with Gasteiger partial charge in [-0.1, -0.05) is 16.8 Å². The smallest absolute Gasteiger partial charge is 0.198 e. The summed E-state index contributed by atoms with van der Waals surface area (Å²) in [6.45, 7) is 0. The maximum atomic E-state index is 8.77. The Morgan fingerprint density at radius 1 is 1.53 bits per heavy atom. The minimum absolute atomic E-state index is 0.201. The summed E-state index contributed by atoms with van der Waals surface area (Å²) in [5.74, 6) is 1.04. The van der Waals surface area contributed by atoms with Crippen LogP contribution in [0.5, 0.6) is 5.75 Å². The second kappa shape index (κ2) is 4.78. The Morgan fingerprint density at radius 2 is 2.29 bits per heavy atom. The summed E-state index contributed by atoms with van der Waals surface area (Å²) < 4.78 is 10.6. The summed E-state index contributed by atoms with van der Waals surface area (Å²) in [7, 11) is 1.54. The Hall–Kier alpha value is -1.51. The van der Waals surface area contributed by atoms with Gasteiger partial charge in [-0.05, 0) is 34.1 Å². The van der Waals surface area contributed by atoms with Crippen molar-refractivity contribution in [3.05, 3.63) is 33.4 Å². The highest BCUT2D eigenvalue weighted by molar-refractivity contribution is 9.10. The van der Waals surface area contributed by atoms with E-state index in [1.165, 1.54) is 0 Å². The van der Waals surface area contributed by atoms with Crippen molar-refractivity contribution in [1.29, 1.82) is 5.26 Å². The van der Waals surface area contributed by atoms with Crippen molar-refractivity contribution < 1.29 is 9.26 Å². The Labute approximate surface area is 111 Å². The van der Waals surface area contributed by atoms with Crippen LogP contribution >= 0.6 is 27.5 Å². The minimum atomic E-state index is 0.201. The Kier molecular flexibility index (Phi) is 3.36. The van der Waals surface area contributed by atoms with Gasteiger partial charge in [-0.3, -0.25) is 0 Å². The summed E-state index contributed by atoms with van der Waals surface area (Å²) in [5.41, 5.74) is 0.920. The third kappa shape index (κ3) is 2.14. The lowest BCUT2D eigenvalue weighted by Crippen LogP contribution is -1.84. The molecular weight excluding hydrogens is 307 g/mol. The summed E-state index contributed by atoms with van der Waals surface area (Å²) in [5, 5.41) is 12.9. The van der Waals surface area contributed by atoms with Gasteiger partial charge in [0.25, 0.3) is 0 Å². The molecule has 0 fully saturated rings. The lowest BCUT2D eigenvalue weighted by atomic mass is 10.1. The number of rotatable bonds is 2. The van der Waals surface area contributed by atoms with Crippen LogP contribution in [-0.2, 0) is 0 Å². The number of aromatic nitrogens is 1. The topological polar surface area (TPSA) is 59.1 Å². The molecule has 86 valence electrons. The van der Waals surface area contributed by atoms with Crippen LogP contribution in [0.15, 0.2) is 27.2 Å². The van der Waals surface area contributed by atoms with Crippen molar-refractivity contribution in [2.45, 2.75) is 0 Å². The van der Waals surface area contributed by atoms with Gasteiger partial charge in [0.1, 0.15) is 16.3 Å². The van der Waals surface area contributed by atoms with E-state index in [-0.39, 0.29) is 5.69 Å². The first-order valence-corrected chi connectivity index (χ1v) is 5.73. The molecule has 1 heterocycles. The molecule has 0 saturated heterocycles. The van der Waals surface area contributed by atoms with Crippen molar-refractivity contribution in [3.8, 4) is 23.1 Å². The number of benzene rings is 1. The molecule has 0 amide bonds. The van der Waals surface area contributed by atoms with Crippen LogP contribution in [0.3, 0.4) is 0 Å². The van der Waals surface area contributed by atoms with Gasteiger partial charge >= 0.3 is 0 Å². The van der Waals surface area contributed by atoms with E-state index < -0.39 is 0 Å². The third-order valence-corrected chi connectivity index (χ3v) is 3.19. The lowest BCUT2D eigenvalue weighted by molar-refractivity contribution is 0.414. The van der Waals surface area contributed by atoms with Crippen LogP contribution in [-0.4, -0.2) is 12.3 Å². The van der Waals surface area contributed by atoms with Crippen LogP contribution in [0.25, 0.3) is 11.3 Å². The van der Waals surface area contributed by atoms with E-state index in [0.29, 0.717) is 21.0 Å². The molecule has 0 spiro atoms. The van der Waals surface area contributed by atoms with Crippen molar-refractivity contribution >= 4 is 27.5 Å². The zero-order valence-corrected chi connectivity index (χ0v) is 11.0. The minimum Gasteiger partial charge on any atom is -0.495 e. The summed E-state index contributed by atoms with van der Waals surface area (Å²) >= 11 is 9.26. The summed E-state index contributed by atoms with van der Waals surface area (Å²) in [4.78, 5) is 0. The van der Waals surface area contributed by atoms with Gasteiger partial charge in [0.15, 0.2) is 11.5 Å². The van der Waals surface area contributed by atoms with Gasteiger partial charge in [0.05, 0.1) is 12.1 Å². The van der Waals surface area contributed by atoms with Gasteiger partial charge in [0.2, 0.25) is 0 Å². The van der Waals surface area contributed by atoms with E-state index in [0.717, 1.165) is 5.56 Å². The zero-order chi connectivity index (χ0) is 12.4. The highest BCUT2D eigenvalue weighted by atomic mass is 79.9. The Balaban J connectivity index is 2.51. The number of methoxy groups -OCH3 is 1. The molecule has 0 saturated carbocycles. The maximum Gasteiger partial charge on any atom is 0.198 e. The van der Waals surface area contributed by atoms with Crippen LogP contribution in [0, 0.1) is 11.3 Å². The molecule has 17 heavy (non-hydrogen) atoms. The highest BCUT2D eigenvalue weighted by Crippen LogP contribution is 2.35. The molecule has 0 atom stereocenters. The van der Waals surface area contributed by atoms with Gasteiger partial charge in [-0.25, -0.2) is 0 Å². The van der Waals surface area contributed by atoms with Crippen LogP contribution in [0.1, 0.15) is 5.69 Å². The lowest BCUT2D eigenvalue weighted by Gasteiger charge is -2.03. The van der Waals surface area contributed by atoms with E-state index in [1.807, 2.05) is 6.07 Å². The number of nitriles is 1. The van der Waals surface area contributed by atoms with Gasteiger partial charge < -0.3 is 9.26 Å². The monoisotopic (exact) mass is 312 g/mol. The van der Waals surface area contributed by atoms with Crippen molar-refractivity contribution in [1.82, 2.24) is 5.16 Å². The molecule has 6 heteroatoms. The average Bonchev–Trinajstić information content (AvgIpc) is 2.70. The first-order chi connectivity index (χ1) is 8.17.